The number of aromatic nitrogens is 1. The minimum absolute atomic E-state index is 0.0915. The van der Waals surface area contributed by atoms with Gasteiger partial charge in [-0.15, -0.1) is 31.4 Å². The van der Waals surface area contributed by atoms with Gasteiger partial charge < -0.3 is 20.7 Å². The zero-order chi connectivity index (χ0) is 20.4. The molecule has 0 aromatic carbocycles. The molecule has 1 aliphatic rings. The molecule has 1 aromatic rings. The van der Waals surface area contributed by atoms with E-state index in [1.807, 2.05) is 0 Å². The van der Waals surface area contributed by atoms with Crippen molar-refractivity contribution in [1.82, 2.24) is 10.3 Å². The second kappa shape index (κ2) is 8.04. The molecule has 2 heterocycles. The Bertz CT molecular complexity index is 873. The first-order valence-electron chi connectivity index (χ1n) is 7.33. The molecule has 15 heteroatoms. The third-order valence-electron chi connectivity index (χ3n) is 3.87. The van der Waals surface area contributed by atoms with Crippen LogP contribution in [0.25, 0.3) is 0 Å². The Hall–Kier alpha value is -1.84. The number of hydroxylamine groups is 2. The number of halogens is 1. The van der Waals surface area contributed by atoms with Crippen molar-refractivity contribution in [2.24, 2.45) is 5.16 Å². The highest BCUT2D eigenvalue weighted by Gasteiger charge is 2.54. The standard InChI is InChI=1S/C12H16ClN5O7S2/c1-6-7(4-18(6,21)27(22,23)24)14-11(20)10(17-25-2)8-5-26-12(15-8)16-9(19)3-13/h5-7H,3-4H2,1-2H3,(H,14,20)(H,15,16,19)(H,22,23,24)/b17-10-. The summed E-state index contributed by atoms with van der Waals surface area (Å²) in [6.45, 7) is 0.727. The molecule has 3 unspecified atom stereocenters. The minimum atomic E-state index is -4.86. The topological polar surface area (TPSA) is 170 Å². The lowest BCUT2D eigenvalue weighted by Gasteiger charge is -2.54. The van der Waals surface area contributed by atoms with Crippen molar-refractivity contribution in [3.63, 3.8) is 0 Å². The van der Waals surface area contributed by atoms with Crippen LogP contribution in [0.3, 0.4) is 0 Å². The van der Waals surface area contributed by atoms with Crippen molar-refractivity contribution in [2.75, 3.05) is 24.9 Å². The van der Waals surface area contributed by atoms with E-state index in [2.05, 4.69) is 25.6 Å². The first-order chi connectivity index (χ1) is 12.5. The van der Waals surface area contributed by atoms with Crippen LogP contribution in [-0.2, 0) is 24.7 Å². The first-order valence-corrected chi connectivity index (χ1v) is 10.1. The number of anilines is 1. The summed E-state index contributed by atoms with van der Waals surface area (Å²) in [6, 6.07) is -1.94. The van der Waals surface area contributed by atoms with Crippen molar-refractivity contribution in [3.8, 4) is 0 Å². The molecule has 0 radical (unpaired) electrons. The number of alkyl halides is 1. The summed E-state index contributed by atoms with van der Waals surface area (Å²) < 4.78 is 29.5. The summed E-state index contributed by atoms with van der Waals surface area (Å²) in [7, 11) is -3.65. The molecule has 1 aromatic heterocycles. The van der Waals surface area contributed by atoms with Crippen LogP contribution < -0.4 is 10.6 Å². The molecule has 0 bridgehead atoms. The van der Waals surface area contributed by atoms with E-state index in [1.54, 1.807) is 0 Å². The predicted octanol–water partition coefficient (Wildman–Crippen LogP) is -0.325. The third-order valence-corrected chi connectivity index (χ3v) is 6.14. The molecule has 150 valence electrons. The van der Waals surface area contributed by atoms with Crippen LogP contribution in [0.2, 0.25) is 0 Å². The van der Waals surface area contributed by atoms with Crippen LogP contribution in [-0.4, -0.2) is 71.2 Å². The van der Waals surface area contributed by atoms with Gasteiger partial charge in [0, 0.05) is 5.38 Å². The highest BCUT2D eigenvalue weighted by molar-refractivity contribution is 7.80. The van der Waals surface area contributed by atoms with Crippen LogP contribution in [0.5, 0.6) is 0 Å². The maximum atomic E-state index is 12.4. The zero-order valence-corrected chi connectivity index (χ0v) is 16.5. The van der Waals surface area contributed by atoms with E-state index >= 15 is 0 Å². The molecule has 3 N–H and O–H groups in total. The van der Waals surface area contributed by atoms with Gasteiger partial charge in [0.1, 0.15) is 37.3 Å². The number of thiazole rings is 1. The van der Waals surface area contributed by atoms with E-state index < -0.39 is 44.8 Å². The Morgan fingerprint density at radius 1 is 1.59 bits per heavy atom. The summed E-state index contributed by atoms with van der Waals surface area (Å²) in [4.78, 5) is 32.4. The Morgan fingerprint density at radius 3 is 2.78 bits per heavy atom. The number of amides is 2. The average molecular weight is 442 g/mol. The summed E-state index contributed by atoms with van der Waals surface area (Å²) in [6.07, 6.45) is 0. The number of nitrogens with one attached hydrogen (secondary N) is 2. The molecule has 1 aliphatic heterocycles. The van der Waals surface area contributed by atoms with Crippen molar-refractivity contribution in [3.05, 3.63) is 16.3 Å². The smallest absolute Gasteiger partial charge is 0.433 e. The second-order valence-electron chi connectivity index (χ2n) is 5.52. The number of hydrogen-bond acceptors (Lipinski definition) is 9. The zero-order valence-electron chi connectivity index (χ0n) is 14.1. The number of carbonyl (C=O) groups excluding carboxylic acids is 2. The quantitative estimate of drug-likeness (QED) is 0.129. The fourth-order valence-electron chi connectivity index (χ4n) is 2.32. The van der Waals surface area contributed by atoms with Gasteiger partial charge in [0.05, 0.1) is 0 Å². The largest absolute Gasteiger partial charge is 0.615 e. The average Bonchev–Trinajstić information content (AvgIpc) is 3.05. The van der Waals surface area contributed by atoms with Gasteiger partial charge in [0.15, 0.2) is 10.8 Å². The summed E-state index contributed by atoms with van der Waals surface area (Å²) in [5.74, 6) is -1.52. The number of oxime groups is 1. The van der Waals surface area contributed by atoms with Gasteiger partial charge in [-0.25, -0.2) is 13.6 Å². The monoisotopic (exact) mass is 441 g/mol. The number of carbonyl (C=O) groups is 2. The molecule has 1 fully saturated rings. The predicted molar refractivity (Wildman–Crippen MR) is 96.4 cm³/mol. The number of rotatable bonds is 7. The molecule has 0 aliphatic carbocycles. The molecular formula is C12H16ClN5O7S2. The van der Waals surface area contributed by atoms with Crippen LogP contribution in [0, 0.1) is 5.21 Å². The lowest BCUT2D eigenvalue weighted by molar-refractivity contribution is -0.835. The SMILES string of the molecule is CO/N=C(\C(=O)NC1C[N+]([O-])(S(=O)(=O)O)C1C)c1csc(NC(=O)CCl)n1. The van der Waals surface area contributed by atoms with Gasteiger partial charge in [-0.2, -0.15) is 0 Å². The third kappa shape index (κ3) is 4.36. The Balaban J connectivity index is 2.11. The lowest BCUT2D eigenvalue weighted by Crippen LogP contribution is -2.75. The number of hydrogen-bond donors (Lipinski definition) is 3. The maximum absolute atomic E-state index is 12.4. The maximum Gasteiger partial charge on any atom is 0.433 e. The molecule has 12 nitrogen and oxygen atoms in total. The molecule has 27 heavy (non-hydrogen) atoms. The van der Waals surface area contributed by atoms with E-state index in [-0.39, 0.29) is 22.4 Å². The van der Waals surface area contributed by atoms with E-state index in [0.717, 1.165) is 11.3 Å². The van der Waals surface area contributed by atoms with E-state index in [1.165, 1.54) is 19.4 Å². The van der Waals surface area contributed by atoms with Gasteiger partial charge in [-0.05, 0) is 6.92 Å². The van der Waals surface area contributed by atoms with Gasteiger partial charge in [0.25, 0.3) is 5.91 Å². The fraction of sp³-hybridized carbons (Fsp3) is 0.500. The molecule has 0 spiro atoms. The van der Waals surface area contributed by atoms with E-state index in [4.69, 9.17) is 16.2 Å². The van der Waals surface area contributed by atoms with Crippen LogP contribution in [0.1, 0.15) is 12.6 Å². The van der Waals surface area contributed by atoms with Gasteiger partial charge in [0.2, 0.25) is 5.91 Å². The molecule has 3 atom stereocenters. The van der Waals surface area contributed by atoms with Gasteiger partial charge in [-0.1, -0.05) is 5.16 Å². The van der Waals surface area contributed by atoms with Crippen molar-refractivity contribution >= 4 is 55.9 Å². The summed E-state index contributed by atoms with van der Waals surface area (Å²) >= 11 is 6.41. The fourth-order valence-corrected chi connectivity index (χ4v) is 4.02. The lowest BCUT2D eigenvalue weighted by atomic mass is 10.0. The molecule has 2 rings (SSSR count). The van der Waals surface area contributed by atoms with Crippen LogP contribution in [0.4, 0.5) is 5.13 Å². The molecule has 1 saturated heterocycles. The van der Waals surface area contributed by atoms with E-state index in [9.17, 15) is 23.2 Å². The van der Waals surface area contributed by atoms with Crippen LogP contribution >= 0.6 is 22.9 Å². The second-order valence-corrected chi connectivity index (χ2v) is 8.16. The highest BCUT2D eigenvalue weighted by Crippen LogP contribution is 2.31. The summed E-state index contributed by atoms with van der Waals surface area (Å²) in [5, 5.41) is 22.1. The number of quaternary nitrogens is 1. The van der Waals surface area contributed by atoms with Crippen LogP contribution in [0.15, 0.2) is 10.5 Å². The van der Waals surface area contributed by atoms with Crippen molar-refractivity contribution in [2.45, 2.75) is 19.0 Å². The van der Waals surface area contributed by atoms with Crippen molar-refractivity contribution in [1.29, 1.82) is 0 Å². The Kier molecular flexibility index (Phi) is 6.39. The first kappa shape index (κ1) is 21.5. The number of nitrogens with zero attached hydrogens (tertiary/aromatic N) is 3. The Morgan fingerprint density at radius 2 is 2.26 bits per heavy atom. The normalized spacial score (nSPS) is 25.4. The van der Waals surface area contributed by atoms with Gasteiger partial charge in [-0.3, -0.25) is 9.59 Å². The highest BCUT2D eigenvalue weighted by atomic mass is 35.5. The molecule has 0 saturated carbocycles. The van der Waals surface area contributed by atoms with Gasteiger partial charge >= 0.3 is 10.3 Å². The summed E-state index contributed by atoms with van der Waals surface area (Å²) in [5.41, 5.74) is -0.149. The van der Waals surface area contributed by atoms with E-state index in [0.29, 0.717) is 0 Å². The Labute approximate surface area is 163 Å². The minimum Gasteiger partial charge on any atom is -0.615 e. The van der Waals surface area contributed by atoms with Crippen molar-refractivity contribution < 1.29 is 31.4 Å². The molecule has 2 amide bonds. The molecular weight excluding hydrogens is 426 g/mol.